The van der Waals surface area contributed by atoms with Gasteiger partial charge in [0.25, 0.3) is 0 Å². The van der Waals surface area contributed by atoms with Crippen LogP contribution in [0.1, 0.15) is 37.2 Å². The minimum absolute atomic E-state index is 0.230. The summed E-state index contributed by atoms with van der Waals surface area (Å²) in [5.74, 6) is 1.48. The van der Waals surface area contributed by atoms with E-state index < -0.39 is 0 Å². The quantitative estimate of drug-likeness (QED) is 0.888. The number of rotatable bonds is 6. The smallest absolute Gasteiger partial charge is 0.127 e. The normalized spacial score (nSPS) is 12.5. The van der Waals surface area contributed by atoms with E-state index in [1.165, 1.54) is 0 Å². The maximum atomic E-state index is 6.36. The van der Waals surface area contributed by atoms with E-state index in [1.807, 2.05) is 35.1 Å². The highest BCUT2D eigenvalue weighted by Gasteiger charge is 2.19. The third kappa shape index (κ3) is 3.36. The highest BCUT2D eigenvalue weighted by Crippen LogP contribution is 2.34. The molecule has 1 aromatic heterocycles. The third-order valence-electron chi connectivity index (χ3n) is 3.46. The highest BCUT2D eigenvalue weighted by atomic mass is 16.5. The van der Waals surface area contributed by atoms with Crippen molar-refractivity contribution in [1.29, 1.82) is 0 Å². The van der Waals surface area contributed by atoms with Gasteiger partial charge in [-0.25, -0.2) is 0 Å². The van der Waals surface area contributed by atoms with Crippen LogP contribution in [0, 0.1) is 0 Å². The lowest BCUT2D eigenvalue weighted by atomic mass is 10.0. The van der Waals surface area contributed by atoms with Crippen LogP contribution in [0.5, 0.6) is 11.5 Å². The number of benzene rings is 1. The van der Waals surface area contributed by atoms with Crippen LogP contribution in [-0.4, -0.2) is 24.0 Å². The molecule has 21 heavy (non-hydrogen) atoms. The zero-order chi connectivity index (χ0) is 15.4. The predicted molar refractivity (Wildman–Crippen MR) is 82.8 cm³/mol. The lowest BCUT2D eigenvalue weighted by molar-refractivity contribution is 0.378. The average Bonchev–Trinajstić information content (AvgIpc) is 2.94. The Bertz CT molecular complexity index is 571. The molecule has 1 heterocycles. The standard InChI is InChI=1S/C16H23N3O2/c1-11(2)19-9-8-12(18-19)10-13(17)16-14(20-3)6-5-7-15(16)21-4/h5-9,11,13H,10,17H2,1-4H3. The van der Waals surface area contributed by atoms with Crippen molar-refractivity contribution in [3.63, 3.8) is 0 Å². The van der Waals surface area contributed by atoms with E-state index in [2.05, 4.69) is 18.9 Å². The summed E-state index contributed by atoms with van der Waals surface area (Å²) in [6.45, 7) is 4.19. The van der Waals surface area contributed by atoms with Crippen LogP contribution >= 0.6 is 0 Å². The summed E-state index contributed by atoms with van der Waals surface area (Å²) in [4.78, 5) is 0. The van der Waals surface area contributed by atoms with Gasteiger partial charge in [0.05, 0.1) is 25.5 Å². The zero-order valence-electron chi connectivity index (χ0n) is 13.0. The molecule has 0 radical (unpaired) electrons. The molecule has 0 fully saturated rings. The van der Waals surface area contributed by atoms with Gasteiger partial charge in [0.2, 0.25) is 0 Å². The Kier molecular flexibility index (Phi) is 4.85. The van der Waals surface area contributed by atoms with E-state index in [9.17, 15) is 0 Å². The van der Waals surface area contributed by atoms with Crippen LogP contribution < -0.4 is 15.2 Å². The number of nitrogens with zero attached hydrogens (tertiary/aromatic N) is 2. The van der Waals surface area contributed by atoms with E-state index in [-0.39, 0.29) is 6.04 Å². The molecule has 114 valence electrons. The maximum Gasteiger partial charge on any atom is 0.127 e. The van der Waals surface area contributed by atoms with Crippen molar-refractivity contribution in [2.24, 2.45) is 5.73 Å². The fraction of sp³-hybridized carbons (Fsp3) is 0.438. The van der Waals surface area contributed by atoms with Crippen molar-refractivity contribution in [2.75, 3.05) is 14.2 Å². The molecule has 0 spiro atoms. The Labute approximate surface area is 125 Å². The molecule has 0 saturated heterocycles. The number of hydrogen-bond donors (Lipinski definition) is 1. The molecule has 2 N–H and O–H groups in total. The summed E-state index contributed by atoms with van der Waals surface area (Å²) >= 11 is 0. The van der Waals surface area contributed by atoms with Gasteiger partial charge in [0.1, 0.15) is 11.5 Å². The van der Waals surface area contributed by atoms with Gasteiger partial charge in [-0.3, -0.25) is 4.68 Å². The minimum Gasteiger partial charge on any atom is -0.496 e. The number of methoxy groups -OCH3 is 2. The van der Waals surface area contributed by atoms with E-state index in [1.54, 1.807) is 14.2 Å². The lowest BCUT2D eigenvalue weighted by Crippen LogP contribution is -2.16. The highest BCUT2D eigenvalue weighted by molar-refractivity contribution is 5.47. The molecule has 1 unspecified atom stereocenters. The maximum absolute atomic E-state index is 6.36. The fourth-order valence-electron chi connectivity index (χ4n) is 2.35. The van der Waals surface area contributed by atoms with Crippen LogP contribution in [0.3, 0.4) is 0 Å². The van der Waals surface area contributed by atoms with Crippen LogP contribution in [0.2, 0.25) is 0 Å². The first-order chi connectivity index (χ1) is 10.1. The predicted octanol–water partition coefficient (Wildman–Crippen LogP) is 2.72. The Morgan fingerprint density at radius 1 is 1.14 bits per heavy atom. The monoisotopic (exact) mass is 289 g/mol. The van der Waals surface area contributed by atoms with E-state index >= 15 is 0 Å². The van der Waals surface area contributed by atoms with Gasteiger partial charge < -0.3 is 15.2 Å². The average molecular weight is 289 g/mol. The summed E-state index contributed by atoms with van der Waals surface area (Å²) in [6.07, 6.45) is 2.61. The molecule has 0 aliphatic carbocycles. The number of hydrogen-bond acceptors (Lipinski definition) is 4. The number of nitrogens with two attached hydrogens (primary N) is 1. The van der Waals surface area contributed by atoms with Gasteiger partial charge in [-0.05, 0) is 32.0 Å². The van der Waals surface area contributed by atoms with Gasteiger partial charge >= 0.3 is 0 Å². The summed E-state index contributed by atoms with van der Waals surface area (Å²) in [7, 11) is 3.27. The Morgan fingerprint density at radius 2 is 1.76 bits per heavy atom. The Hall–Kier alpha value is -2.01. The summed E-state index contributed by atoms with van der Waals surface area (Å²) in [5.41, 5.74) is 8.19. The lowest BCUT2D eigenvalue weighted by Gasteiger charge is -2.18. The van der Waals surface area contributed by atoms with E-state index in [4.69, 9.17) is 15.2 Å². The van der Waals surface area contributed by atoms with E-state index in [0.717, 1.165) is 22.8 Å². The summed E-state index contributed by atoms with van der Waals surface area (Å²) < 4.78 is 12.7. The van der Waals surface area contributed by atoms with Crippen LogP contribution in [0.15, 0.2) is 30.5 Å². The third-order valence-corrected chi connectivity index (χ3v) is 3.46. The van der Waals surface area contributed by atoms with Crippen LogP contribution in [0.25, 0.3) is 0 Å². The summed E-state index contributed by atoms with van der Waals surface area (Å²) in [5, 5.41) is 4.54. The second-order valence-corrected chi connectivity index (χ2v) is 5.27. The fourth-order valence-corrected chi connectivity index (χ4v) is 2.35. The SMILES string of the molecule is COc1cccc(OC)c1C(N)Cc1ccn(C(C)C)n1. The molecule has 0 aliphatic rings. The van der Waals surface area contributed by atoms with Gasteiger partial charge in [0, 0.05) is 24.7 Å². The van der Waals surface area contributed by atoms with Crippen molar-refractivity contribution >= 4 is 0 Å². The first-order valence-electron chi connectivity index (χ1n) is 7.07. The topological polar surface area (TPSA) is 62.3 Å². The molecule has 5 heteroatoms. The van der Waals surface area contributed by atoms with Crippen molar-refractivity contribution in [2.45, 2.75) is 32.4 Å². The second kappa shape index (κ2) is 6.63. The van der Waals surface area contributed by atoms with Crippen LogP contribution in [-0.2, 0) is 6.42 Å². The zero-order valence-corrected chi connectivity index (χ0v) is 13.0. The largest absolute Gasteiger partial charge is 0.496 e. The van der Waals surface area contributed by atoms with Crippen molar-refractivity contribution in [3.05, 3.63) is 41.7 Å². The Balaban J connectivity index is 2.25. The first kappa shape index (κ1) is 15.4. The molecule has 1 atom stereocenters. The molecule has 0 aliphatic heterocycles. The molecular formula is C16H23N3O2. The van der Waals surface area contributed by atoms with Gasteiger partial charge in [-0.15, -0.1) is 0 Å². The van der Waals surface area contributed by atoms with Gasteiger partial charge in [-0.2, -0.15) is 5.10 Å². The van der Waals surface area contributed by atoms with Crippen LogP contribution in [0.4, 0.5) is 0 Å². The van der Waals surface area contributed by atoms with Gasteiger partial charge in [-0.1, -0.05) is 6.07 Å². The first-order valence-corrected chi connectivity index (χ1v) is 7.07. The molecule has 0 bridgehead atoms. The second-order valence-electron chi connectivity index (χ2n) is 5.27. The molecule has 0 saturated carbocycles. The van der Waals surface area contributed by atoms with Crippen molar-refractivity contribution in [3.8, 4) is 11.5 Å². The molecule has 0 amide bonds. The van der Waals surface area contributed by atoms with Gasteiger partial charge in [0.15, 0.2) is 0 Å². The van der Waals surface area contributed by atoms with Crippen molar-refractivity contribution in [1.82, 2.24) is 9.78 Å². The molecule has 1 aromatic carbocycles. The Morgan fingerprint density at radius 3 is 2.24 bits per heavy atom. The molecular weight excluding hydrogens is 266 g/mol. The number of ether oxygens (including phenoxy) is 2. The molecule has 2 rings (SSSR count). The van der Waals surface area contributed by atoms with E-state index in [0.29, 0.717) is 12.5 Å². The molecule has 5 nitrogen and oxygen atoms in total. The number of aromatic nitrogens is 2. The molecule has 2 aromatic rings. The summed E-state index contributed by atoms with van der Waals surface area (Å²) in [6, 6.07) is 7.79. The minimum atomic E-state index is -0.230. The van der Waals surface area contributed by atoms with Crippen molar-refractivity contribution < 1.29 is 9.47 Å².